The maximum atomic E-state index is 14.4. The van der Waals surface area contributed by atoms with Gasteiger partial charge in [-0.1, -0.05) is 0 Å². The molecule has 1 aromatic rings. The molecule has 0 spiro atoms. The highest BCUT2D eigenvalue weighted by Gasteiger charge is 2.58. The summed E-state index contributed by atoms with van der Waals surface area (Å²) in [7, 11) is -4.09. The molecule has 2 heterocycles. The number of nitro groups is 1. The molecule has 2 aliphatic rings. The number of nitro benzene ring substituents is 1. The molecular weight excluding hydrogens is 521 g/mol. The lowest BCUT2D eigenvalue weighted by molar-refractivity contribution is -0.384. The standard InChI is InChI=1S/C24H32N3O8PS/c1-15(28)33-13-17-14-37-22-19(25-12-16-8-10-18(11-9-16)27(30)31)20(29)26(22)21(17)36(32,34-23(2,3)4)35-24(5,6)7/h8-12,19,22H,13-14H2,1-7H3/b25-12+/t19-,22+/m0/s1. The molecule has 37 heavy (non-hydrogen) atoms. The van der Waals surface area contributed by atoms with E-state index in [4.69, 9.17) is 13.8 Å². The third kappa shape index (κ3) is 7.07. The number of hydrogen-bond donors (Lipinski definition) is 0. The van der Waals surface area contributed by atoms with Crippen LogP contribution in [-0.2, 0) is 27.9 Å². The van der Waals surface area contributed by atoms with Crippen molar-refractivity contribution in [2.45, 2.75) is 71.1 Å². The van der Waals surface area contributed by atoms with Crippen molar-refractivity contribution in [2.24, 2.45) is 4.99 Å². The number of β-lactam (4-membered cyclic amide) rings is 1. The minimum atomic E-state index is -4.09. The SMILES string of the molecule is CC(=O)OCC1=C(P(=O)(OC(C)(C)C)OC(C)(C)C)N2C(=O)[C@H](/N=C/c3ccc([N+](=O)[O-])cc3)[C@H]2SC1. The topological polar surface area (TPSA) is 138 Å². The quantitative estimate of drug-likeness (QED) is 0.110. The summed E-state index contributed by atoms with van der Waals surface area (Å²) in [5, 5.41) is 10.4. The Morgan fingerprint density at radius 2 is 1.76 bits per heavy atom. The summed E-state index contributed by atoms with van der Waals surface area (Å²) in [4.78, 5) is 41.1. The molecule has 0 N–H and O–H groups in total. The van der Waals surface area contributed by atoms with Crippen molar-refractivity contribution in [3.63, 3.8) is 0 Å². The van der Waals surface area contributed by atoms with Crippen molar-refractivity contribution < 1.29 is 32.9 Å². The molecule has 0 saturated carbocycles. The number of ether oxygens (including phenoxy) is 1. The fourth-order valence-corrected chi connectivity index (χ4v) is 7.87. The van der Waals surface area contributed by atoms with Crippen LogP contribution in [0.3, 0.4) is 0 Å². The predicted molar refractivity (Wildman–Crippen MR) is 141 cm³/mol. The fraction of sp³-hybridized carbons (Fsp3) is 0.542. The number of amides is 1. The molecule has 1 amide bonds. The monoisotopic (exact) mass is 553 g/mol. The molecule has 1 saturated heterocycles. The molecule has 2 aliphatic heterocycles. The Morgan fingerprint density at radius 1 is 1.19 bits per heavy atom. The second-order valence-electron chi connectivity index (χ2n) is 10.6. The summed E-state index contributed by atoms with van der Waals surface area (Å²) in [6.45, 7) is 11.5. The summed E-state index contributed by atoms with van der Waals surface area (Å²) >= 11 is 1.40. The zero-order valence-corrected chi connectivity index (χ0v) is 23.6. The van der Waals surface area contributed by atoms with Crippen LogP contribution in [-0.4, -0.2) is 62.9 Å². The highest BCUT2D eigenvalue weighted by atomic mass is 32.2. The van der Waals surface area contributed by atoms with Gasteiger partial charge in [0.05, 0.1) is 16.1 Å². The summed E-state index contributed by atoms with van der Waals surface area (Å²) in [5.74, 6) is -0.588. The van der Waals surface area contributed by atoms with Gasteiger partial charge in [0.1, 0.15) is 17.4 Å². The Morgan fingerprint density at radius 3 is 2.24 bits per heavy atom. The normalized spacial score (nSPS) is 20.6. The van der Waals surface area contributed by atoms with Gasteiger partial charge in [0, 0.05) is 36.6 Å². The summed E-state index contributed by atoms with van der Waals surface area (Å²) in [6.07, 6.45) is 1.48. The molecule has 11 nitrogen and oxygen atoms in total. The molecule has 0 unspecified atom stereocenters. The first-order valence-corrected chi connectivity index (χ1v) is 14.2. The summed E-state index contributed by atoms with van der Waals surface area (Å²) in [5.41, 5.74) is -0.631. The molecular formula is C24H32N3O8PS. The largest absolute Gasteiger partial charge is 0.461 e. The number of thioether (sulfide) groups is 1. The van der Waals surface area contributed by atoms with Crippen molar-refractivity contribution in [1.29, 1.82) is 0 Å². The van der Waals surface area contributed by atoms with Gasteiger partial charge in [0.2, 0.25) is 0 Å². The average Bonchev–Trinajstić information content (AvgIpc) is 2.74. The number of carbonyl (C=O) groups is 2. The van der Waals surface area contributed by atoms with Crippen LogP contribution in [0.1, 0.15) is 54.0 Å². The smallest absolute Gasteiger partial charge is 0.378 e. The van der Waals surface area contributed by atoms with Crippen molar-refractivity contribution in [1.82, 2.24) is 4.90 Å². The van der Waals surface area contributed by atoms with Gasteiger partial charge in [0.25, 0.3) is 11.6 Å². The number of aliphatic imine (C=N–C) groups is 1. The van der Waals surface area contributed by atoms with E-state index >= 15 is 0 Å². The molecule has 3 rings (SSSR count). The Balaban J connectivity index is 1.97. The first kappa shape index (κ1) is 29.0. The molecule has 0 radical (unpaired) electrons. The first-order chi connectivity index (χ1) is 17.0. The van der Waals surface area contributed by atoms with Crippen LogP contribution in [0.4, 0.5) is 5.69 Å². The van der Waals surface area contributed by atoms with E-state index in [2.05, 4.69) is 4.99 Å². The van der Waals surface area contributed by atoms with E-state index in [1.807, 2.05) is 0 Å². The van der Waals surface area contributed by atoms with E-state index in [-0.39, 0.29) is 17.7 Å². The van der Waals surface area contributed by atoms with E-state index in [1.54, 1.807) is 53.7 Å². The molecule has 0 aromatic heterocycles. The van der Waals surface area contributed by atoms with E-state index in [0.717, 1.165) is 0 Å². The molecule has 1 aromatic carbocycles. The zero-order valence-electron chi connectivity index (χ0n) is 21.9. The van der Waals surface area contributed by atoms with Crippen LogP contribution >= 0.6 is 19.4 Å². The average molecular weight is 554 g/mol. The third-order valence-corrected chi connectivity index (χ3v) is 8.92. The summed E-state index contributed by atoms with van der Waals surface area (Å²) in [6, 6.07) is 5.04. The van der Waals surface area contributed by atoms with E-state index < -0.39 is 47.0 Å². The zero-order chi connectivity index (χ0) is 27.8. The number of fused-ring (bicyclic) bond motifs is 1. The van der Waals surface area contributed by atoms with Crippen LogP contribution in [0.25, 0.3) is 0 Å². The molecule has 0 bridgehead atoms. The van der Waals surface area contributed by atoms with Gasteiger partial charge in [-0.3, -0.25) is 43.2 Å². The van der Waals surface area contributed by atoms with E-state index in [1.165, 1.54) is 41.9 Å². The van der Waals surface area contributed by atoms with Gasteiger partial charge in [-0.2, -0.15) is 0 Å². The Hall–Kier alpha value is -2.53. The van der Waals surface area contributed by atoms with Gasteiger partial charge in [-0.25, -0.2) is 0 Å². The highest BCUT2D eigenvalue weighted by molar-refractivity contribution is 8.00. The molecule has 0 aliphatic carbocycles. The van der Waals surface area contributed by atoms with Crippen molar-refractivity contribution in [3.8, 4) is 0 Å². The van der Waals surface area contributed by atoms with Gasteiger partial charge in [-0.15, -0.1) is 11.8 Å². The highest BCUT2D eigenvalue weighted by Crippen LogP contribution is 2.66. The maximum absolute atomic E-state index is 14.4. The van der Waals surface area contributed by atoms with Crippen molar-refractivity contribution >= 4 is 43.1 Å². The van der Waals surface area contributed by atoms with Crippen LogP contribution < -0.4 is 0 Å². The molecule has 202 valence electrons. The number of esters is 1. The number of non-ortho nitro benzene ring substituents is 1. The second kappa shape index (κ2) is 10.7. The molecule has 1 fully saturated rings. The fourth-order valence-electron chi connectivity index (χ4n) is 3.69. The number of nitrogens with zero attached hydrogens (tertiary/aromatic N) is 3. The lowest BCUT2D eigenvalue weighted by atomic mass is 10.1. The number of rotatable bonds is 8. The van der Waals surface area contributed by atoms with Gasteiger partial charge in [-0.05, 0) is 59.2 Å². The maximum Gasteiger partial charge on any atom is 0.378 e. The van der Waals surface area contributed by atoms with Crippen molar-refractivity contribution in [3.05, 3.63) is 51.0 Å². The Labute approximate surface area is 220 Å². The minimum Gasteiger partial charge on any atom is -0.461 e. The second-order valence-corrected chi connectivity index (χ2v) is 13.5. The number of hydrogen-bond acceptors (Lipinski definition) is 10. The Kier molecular flexibility index (Phi) is 8.38. The predicted octanol–water partition coefficient (Wildman–Crippen LogP) is 4.90. The van der Waals surface area contributed by atoms with Crippen molar-refractivity contribution in [2.75, 3.05) is 12.4 Å². The van der Waals surface area contributed by atoms with Crippen LogP contribution in [0.15, 0.2) is 40.3 Å². The number of carbonyl (C=O) groups excluding carboxylic acids is 2. The first-order valence-electron chi connectivity index (χ1n) is 11.6. The van der Waals surface area contributed by atoms with E-state index in [9.17, 15) is 24.3 Å². The van der Waals surface area contributed by atoms with Crippen LogP contribution in [0.5, 0.6) is 0 Å². The van der Waals surface area contributed by atoms with Crippen LogP contribution in [0.2, 0.25) is 0 Å². The molecule has 13 heteroatoms. The van der Waals surface area contributed by atoms with Crippen LogP contribution in [0, 0.1) is 10.1 Å². The Bertz CT molecular complexity index is 1160. The van der Waals surface area contributed by atoms with Gasteiger partial charge < -0.3 is 4.74 Å². The molecule has 2 atom stereocenters. The number of benzene rings is 1. The van der Waals surface area contributed by atoms with E-state index in [0.29, 0.717) is 16.9 Å². The van der Waals surface area contributed by atoms with Gasteiger partial charge >= 0.3 is 13.6 Å². The van der Waals surface area contributed by atoms with Gasteiger partial charge in [0.15, 0.2) is 6.04 Å². The third-order valence-electron chi connectivity index (χ3n) is 4.97. The summed E-state index contributed by atoms with van der Waals surface area (Å²) < 4.78 is 31.7. The lowest BCUT2D eigenvalue weighted by Crippen LogP contribution is -2.63. The minimum absolute atomic E-state index is 0.0468. The lowest BCUT2D eigenvalue weighted by Gasteiger charge is -2.50.